The normalized spacial score (nSPS) is 26.1. The van der Waals surface area contributed by atoms with E-state index in [9.17, 15) is 5.11 Å². The highest BCUT2D eigenvalue weighted by Crippen LogP contribution is 2.33. The van der Waals surface area contributed by atoms with Gasteiger partial charge in [-0.25, -0.2) is 0 Å². The van der Waals surface area contributed by atoms with E-state index in [-0.39, 0.29) is 6.10 Å². The highest BCUT2D eigenvalue weighted by Gasteiger charge is 2.24. The Balaban J connectivity index is 1.98. The zero-order valence-electron chi connectivity index (χ0n) is 10.4. The van der Waals surface area contributed by atoms with E-state index >= 15 is 0 Å². The zero-order valence-corrected chi connectivity index (χ0v) is 11.2. The molecule has 0 bridgehead atoms. The molecule has 1 aromatic carbocycles. The van der Waals surface area contributed by atoms with E-state index in [0.29, 0.717) is 11.4 Å². The van der Waals surface area contributed by atoms with Crippen molar-refractivity contribution in [3.05, 3.63) is 29.8 Å². The Morgan fingerprint density at radius 3 is 2.65 bits per heavy atom. The summed E-state index contributed by atoms with van der Waals surface area (Å²) in [6, 6.07) is 8.25. The second-order valence-corrected chi connectivity index (χ2v) is 5.83. The Hall–Kier alpha value is -0.510. The minimum atomic E-state index is -0.331. The van der Waals surface area contributed by atoms with Gasteiger partial charge in [-0.1, -0.05) is 19.1 Å². The summed E-state index contributed by atoms with van der Waals surface area (Å²) in [4.78, 5) is 1.26. The fourth-order valence-electron chi connectivity index (χ4n) is 2.05. The van der Waals surface area contributed by atoms with Gasteiger partial charge in [-0.05, 0) is 37.5 Å². The molecule has 94 valence electrons. The van der Waals surface area contributed by atoms with Crippen LogP contribution in [-0.2, 0) is 4.74 Å². The minimum absolute atomic E-state index is 0.331. The van der Waals surface area contributed by atoms with Crippen molar-refractivity contribution < 1.29 is 9.84 Å². The summed E-state index contributed by atoms with van der Waals surface area (Å²) >= 11 is 1.88. The van der Waals surface area contributed by atoms with Gasteiger partial charge >= 0.3 is 0 Å². The van der Waals surface area contributed by atoms with Gasteiger partial charge in [0.25, 0.3) is 0 Å². The topological polar surface area (TPSA) is 29.5 Å². The molecule has 0 amide bonds. The second kappa shape index (κ2) is 5.89. The SMILES string of the molecule is CCC(O)c1ccc(SC2CCOC2C)cc1. The van der Waals surface area contributed by atoms with Crippen LogP contribution in [0.1, 0.15) is 38.4 Å². The molecule has 1 N–H and O–H groups in total. The maximum absolute atomic E-state index is 9.72. The summed E-state index contributed by atoms with van der Waals surface area (Å²) in [6.07, 6.45) is 1.91. The molecule has 0 spiro atoms. The van der Waals surface area contributed by atoms with Crippen LogP contribution in [0.4, 0.5) is 0 Å². The first-order chi connectivity index (χ1) is 8.20. The molecule has 0 saturated carbocycles. The molecule has 3 unspecified atom stereocenters. The lowest BCUT2D eigenvalue weighted by atomic mass is 10.1. The van der Waals surface area contributed by atoms with Gasteiger partial charge in [0.2, 0.25) is 0 Å². The highest BCUT2D eigenvalue weighted by molar-refractivity contribution is 8.00. The highest BCUT2D eigenvalue weighted by atomic mass is 32.2. The second-order valence-electron chi connectivity index (χ2n) is 4.51. The standard InChI is InChI=1S/C14H20O2S/c1-3-13(15)11-4-6-12(7-5-11)17-14-8-9-16-10(14)2/h4-7,10,13-15H,3,8-9H2,1-2H3. The number of benzene rings is 1. The van der Waals surface area contributed by atoms with Gasteiger partial charge in [-0.3, -0.25) is 0 Å². The Bertz CT molecular complexity index is 350. The third-order valence-corrected chi connectivity index (χ3v) is 4.71. The molecule has 1 aliphatic rings. The third-order valence-electron chi connectivity index (χ3n) is 3.25. The van der Waals surface area contributed by atoms with E-state index in [1.807, 2.05) is 30.8 Å². The fourth-order valence-corrected chi connectivity index (χ4v) is 3.17. The number of ether oxygens (including phenoxy) is 1. The fraction of sp³-hybridized carbons (Fsp3) is 0.571. The Morgan fingerprint density at radius 2 is 2.12 bits per heavy atom. The molecule has 0 aromatic heterocycles. The maximum Gasteiger partial charge on any atom is 0.0787 e. The first-order valence-electron chi connectivity index (χ1n) is 6.27. The Labute approximate surface area is 107 Å². The smallest absolute Gasteiger partial charge is 0.0787 e. The van der Waals surface area contributed by atoms with E-state index in [2.05, 4.69) is 19.1 Å². The number of rotatable bonds is 4. The van der Waals surface area contributed by atoms with Crippen LogP contribution < -0.4 is 0 Å². The third kappa shape index (κ3) is 3.24. The molecular formula is C14H20O2S. The van der Waals surface area contributed by atoms with Crippen LogP contribution in [-0.4, -0.2) is 23.1 Å². The van der Waals surface area contributed by atoms with Crippen LogP contribution in [0.25, 0.3) is 0 Å². The lowest BCUT2D eigenvalue weighted by molar-refractivity contribution is 0.127. The average Bonchev–Trinajstić information content (AvgIpc) is 2.75. The van der Waals surface area contributed by atoms with Gasteiger partial charge in [0.05, 0.1) is 12.2 Å². The number of thioether (sulfide) groups is 1. The molecule has 0 radical (unpaired) electrons. The summed E-state index contributed by atoms with van der Waals surface area (Å²) in [7, 11) is 0. The molecule has 3 atom stereocenters. The van der Waals surface area contributed by atoms with Crippen LogP contribution in [0.3, 0.4) is 0 Å². The average molecular weight is 252 g/mol. The molecule has 1 aliphatic heterocycles. The number of hydrogen-bond acceptors (Lipinski definition) is 3. The van der Waals surface area contributed by atoms with Crippen molar-refractivity contribution in [2.24, 2.45) is 0 Å². The van der Waals surface area contributed by atoms with Gasteiger partial charge < -0.3 is 9.84 Å². The monoisotopic (exact) mass is 252 g/mol. The molecule has 1 saturated heterocycles. The van der Waals surface area contributed by atoms with Crippen molar-refractivity contribution in [2.45, 2.75) is 49.0 Å². The van der Waals surface area contributed by atoms with Crippen molar-refractivity contribution in [1.29, 1.82) is 0 Å². The largest absolute Gasteiger partial charge is 0.388 e. The number of aliphatic hydroxyl groups is 1. The van der Waals surface area contributed by atoms with E-state index in [0.717, 1.165) is 25.0 Å². The van der Waals surface area contributed by atoms with Crippen LogP contribution in [0.2, 0.25) is 0 Å². The van der Waals surface area contributed by atoms with Crippen LogP contribution in [0.15, 0.2) is 29.2 Å². The lowest BCUT2D eigenvalue weighted by Crippen LogP contribution is -2.12. The molecule has 2 nitrogen and oxygen atoms in total. The first-order valence-corrected chi connectivity index (χ1v) is 7.15. The molecule has 1 heterocycles. The molecule has 17 heavy (non-hydrogen) atoms. The van der Waals surface area contributed by atoms with Crippen molar-refractivity contribution in [1.82, 2.24) is 0 Å². The van der Waals surface area contributed by atoms with Crippen LogP contribution >= 0.6 is 11.8 Å². The molecular weight excluding hydrogens is 232 g/mol. The van der Waals surface area contributed by atoms with E-state index in [1.54, 1.807) is 0 Å². The predicted molar refractivity (Wildman–Crippen MR) is 71.4 cm³/mol. The summed E-state index contributed by atoms with van der Waals surface area (Å²) in [5.74, 6) is 0. The molecule has 1 aromatic rings. The summed E-state index contributed by atoms with van der Waals surface area (Å²) < 4.78 is 5.56. The quantitative estimate of drug-likeness (QED) is 0.890. The zero-order chi connectivity index (χ0) is 12.3. The van der Waals surface area contributed by atoms with Crippen molar-refractivity contribution in [3.63, 3.8) is 0 Å². The predicted octanol–water partition coefficient (Wildman–Crippen LogP) is 3.40. The lowest BCUT2D eigenvalue weighted by Gasteiger charge is -2.14. The van der Waals surface area contributed by atoms with E-state index < -0.39 is 0 Å². The molecule has 3 heteroatoms. The summed E-state index contributed by atoms with van der Waals surface area (Å²) in [6.45, 7) is 5.01. The number of aliphatic hydroxyl groups excluding tert-OH is 1. The Kier molecular flexibility index (Phi) is 4.48. The van der Waals surface area contributed by atoms with Gasteiger partial charge in [-0.2, -0.15) is 0 Å². The van der Waals surface area contributed by atoms with Gasteiger partial charge in [0, 0.05) is 16.8 Å². The molecule has 2 rings (SSSR count). The van der Waals surface area contributed by atoms with E-state index in [1.165, 1.54) is 4.90 Å². The van der Waals surface area contributed by atoms with Gasteiger partial charge in [-0.15, -0.1) is 11.8 Å². The van der Waals surface area contributed by atoms with Crippen LogP contribution in [0.5, 0.6) is 0 Å². The van der Waals surface area contributed by atoms with E-state index in [4.69, 9.17) is 4.74 Å². The minimum Gasteiger partial charge on any atom is -0.388 e. The van der Waals surface area contributed by atoms with Gasteiger partial charge in [0.15, 0.2) is 0 Å². The Morgan fingerprint density at radius 1 is 1.41 bits per heavy atom. The summed E-state index contributed by atoms with van der Waals surface area (Å²) in [5, 5.41) is 10.3. The van der Waals surface area contributed by atoms with Crippen molar-refractivity contribution >= 4 is 11.8 Å². The number of hydrogen-bond donors (Lipinski definition) is 1. The van der Waals surface area contributed by atoms with Gasteiger partial charge in [0.1, 0.15) is 0 Å². The molecule has 0 aliphatic carbocycles. The summed E-state index contributed by atoms with van der Waals surface area (Å²) in [5.41, 5.74) is 1.01. The van der Waals surface area contributed by atoms with Crippen molar-refractivity contribution in [2.75, 3.05) is 6.61 Å². The maximum atomic E-state index is 9.72. The van der Waals surface area contributed by atoms with Crippen molar-refractivity contribution in [3.8, 4) is 0 Å². The molecule has 1 fully saturated rings. The first kappa shape index (κ1) is 12.9. The van der Waals surface area contributed by atoms with Crippen LogP contribution in [0, 0.1) is 0 Å².